The first-order valence-electron chi connectivity index (χ1n) is 17.7. The fourth-order valence-corrected chi connectivity index (χ4v) is 11.8. The van der Waals surface area contributed by atoms with E-state index in [0.29, 0.717) is 0 Å². The van der Waals surface area contributed by atoms with Crippen molar-refractivity contribution in [2.75, 3.05) is 0 Å². The predicted octanol–water partition coefficient (Wildman–Crippen LogP) is 14.4. The summed E-state index contributed by atoms with van der Waals surface area (Å²) in [5.74, 6) is 0. The normalized spacial score (nSPS) is 11.8. The first kappa shape index (κ1) is 29.9. The van der Waals surface area contributed by atoms with Gasteiger partial charge in [-0.1, -0.05) is 0 Å². The van der Waals surface area contributed by atoms with Crippen LogP contribution in [0.2, 0.25) is 0 Å². The van der Waals surface area contributed by atoms with Gasteiger partial charge in [-0.3, -0.25) is 0 Å². The van der Waals surface area contributed by atoms with E-state index in [-0.39, 0.29) is 14.5 Å². The Morgan fingerprint density at radius 1 is 0.308 bits per heavy atom. The van der Waals surface area contributed by atoms with Crippen LogP contribution in [-0.4, -0.2) is 14.5 Å². The van der Waals surface area contributed by atoms with Crippen molar-refractivity contribution in [3.05, 3.63) is 181 Å². The van der Waals surface area contributed by atoms with E-state index >= 15 is 0 Å². The SMILES string of the molecule is c1ccc(-c2c3ccccc3c(-c3cccc4[se]c5cccc(-c6c7ccccc7c(-c7ccsc7)c7ccccc67)c5c34)c3ccccc23)cc1. The van der Waals surface area contributed by atoms with Crippen LogP contribution in [0.4, 0.5) is 0 Å². The molecule has 0 nitrogen and oxygen atoms in total. The summed E-state index contributed by atoms with van der Waals surface area (Å²) in [7, 11) is 0. The fourth-order valence-electron chi connectivity index (χ4n) is 8.75. The van der Waals surface area contributed by atoms with Crippen LogP contribution >= 0.6 is 11.3 Å². The molecule has 0 atom stereocenters. The molecule has 2 heteroatoms. The fraction of sp³-hybridized carbons (Fsp3) is 0. The zero-order valence-electron chi connectivity index (χ0n) is 28.1. The van der Waals surface area contributed by atoms with E-state index < -0.39 is 0 Å². The molecule has 0 aliphatic rings. The van der Waals surface area contributed by atoms with Gasteiger partial charge in [-0.2, -0.15) is 0 Å². The zero-order chi connectivity index (χ0) is 34.2. The van der Waals surface area contributed by atoms with E-state index in [2.05, 4.69) is 181 Å². The average Bonchev–Trinajstić information content (AvgIpc) is 3.88. The molecule has 0 aliphatic heterocycles. The Hall–Kier alpha value is -5.76. The van der Waals surface area contributed by atoms with Gasteiger partial charge in [0.05, 0.1) is 0 Å². The van der Waals surface area contributed by atoms with Gasteiger partial charge in [-0.15, -0.1) is 0 Å². The third-order valence-corrected chi connectivity index (χ3v) is 13.8. The summed E-state index contributed by atoms with van der Waals surface area (Å²) in [6, 6.07) is 63.4. The van der Waals surface area contributed by atoms with Crippen LogP contribution in [0.3, 0.4) is 0 Å². The van der Waals surface area contributed by atoms with Gasteiger partial charge in [0, 0.05) is 0 Å². The average molecular weight is 742 g/mol. The monoisotopic (exact) mass is 742 g/mol. The van der Waals surface area contributed by atoms with Crippen molar-refractivity contribution < 1.29 is 0 Å². The predicted molar refractivity (Wildman–Crippen MR) is 228 cm³/mol. The van der Waals surface area contributed by atoms with E-state index in [1.165, 1.54) is 107 Å². The maximum atomic E-state index is 2.38. The molecule has 0 saturated carbocycles. The van der Waals surface area contributed by atoms with Crippen LogP contribution < -0.4 is 0 Å². The van der Waals surface area contributed by atoms with Crippen molar-refractivity contribution in [3.63, 3.8) is 0 Å². The molecule has 0 aliphatic carbocycles. The van der Waals surface area contributed by atoms with Crippen LogP contribution in [0, 0.1) is 0 Å². The van der Waals surface area contributed by atoms with Crippen LogP contribution in [0.25, 0.3) is 107 Å². The van der Waals surface area contributed by atoms with Gasteiger partial charge in [0.2, 0.25) is 0 Å². The van der Waals surface area contributed by atoms with Gasteiger partial charge in [-0.25, -0.2) is 0 Å². The number of thiophene rings is 1. The van der Waals surface area contributed by atoms with Crippen molar-refractivity contribution >= 4 is 88.2 Å². The van der Waals surface area contributed by atoms with Crippen molar-refractivity contribution in [1.29, 1.82) is 0 Å². The van der Waals surface area contributed by atoms with Crippen LogP contribution in [0.15, 0.2) is 181 Å². The van der Waals surface area contributed by atoms with Gasteiger partial charge in [-0.05, 0) is 0 Å². The summed E-state index contributed by atoms with van der Waals surface area (Å²) in [6.45, 7) is 0. The first-order valence-corrected chi connectivity index (χ1v) is 20.4. The molecule has 0 unspecified atom stereocenters. The standard InChI is InChI=1S/C50H30SSe/c1-2-14-31(15-3-1)45-33-16-4-8-20-37(33)47(38-21-9-5-17-34(38)45)41-24-12-26-43-49(41)50-42(25-13-27-44(50)52-43)48-39-22-10-6-18-35(39)46(32-28-29-51-30-32)36-19-7-11-23-40(36)48/h1-30H. The van der Waals surface area contributed by atoms with Crippen LogP contribution in [0.1, 0.15) is 0 Å². The molecule has 242 valence electrons. The summed E-state index contributed by atoms with van der Waals surface area (Å²) >= 11 is 1.95. The first-order chi connectivity index (χ1) is 25.8. The van der Waals surface area contributed by atoms with Gasteiger partial charge >= 0.3 is 313 Å². The summed E-state index contributed by atoms with van der Waals surface area (Å²) in [4.78, 5) is 0. The molecule has 0 bridgehead atoms. The molecule has 0 fully saturated rings. The Labute approximate surface area is 311 Å². The molecule has 9 aromatic carbocycles. The van der Waals surface area contributed by atoms with Crippen molar-refractivity contribution in [1.82, 2.24) is 0 Å². The summed E-state index contributed by atoms with van der Waals surface area (Å²) in [6.07, 6.45) is 0. The van der Waals surface area contributed by atoms with Crippen LogP contribution in [-0.2, 0) is 0 Å². The minimum atomic E-state index is 0.189. The third kappa shape index (κ3) is 4.39. The number of fused-ring (bicyclic) bond motifs is 7. The van der Waals surface area contributed by atoms with Crippen molar-refractivity contribution in [2.45, 2.75) is 0 Å². The Morgan fingerprint density at radius 2 is 0.692 bits per heavy atom. The van der Waals surface area contributed by atoms with E-state index in [9.17, 15) is 0 Å². The molecule has 11 aromatic rings. The Morgan fingerprint density at radius 3 is 1.10 bits per heavy atom. The van der Waals surface area contributed by atoms with Crippen LogP contribution in [0.5, 0.6) is 0 Å². The third-order valence-electron chi connectivity index (χ3n) is 10.8. The number of benzene rings is 9. The molecular weight excluding hydrogens is 712 g/mol. The van der Waals surface area contributed by atoms with Crippen molar-refractivity contribution in [3.8, 4) is 44.5 Å². The molecule has 0 saturated heterocycles. The zero-order valence-corrected chi connectivity index (χ0v) is 30.7. The number of rotatable bonds is 4. The second-order valence-electron chi connectivity index (χ2n) is 13.5. The molecule has 0 N–H and O–H groups in total. The number of hydrogen-bond donors (Lipinski definition) is 0. The Kier molecular flexibility index (Phi) is 6.85. The Balaban J connectivity index is 1.30. The van der Waals surface area contributed by atoms with Crippen molar-refractivity contribution in [2.24, 2.45) is 0 Å². The van der Waals surface area contributed by atoms with E-state index in [1.54, 1.807) is 11.3 Å². The number of hydrogen-bond acceptors (Lipinski definition) is 1. The molecular formula is C50H30SSe. The van der Waals surface area contributed by atoms with E-state index in [1.807, 2.05) is 0 Å². The summed E-state index contributed by atoms with van der Waals surface area (Å²) in [5, 5.41) is 17.7. The Bertz CT molecular complexity index is 3050. The quantitative estimate of drug-likeness (QED) is 0.124. The van der Waals surface area contributed by atoms with Gasteiger partial charge < -0.3 is 0 Å². The van der Waals surface area contributed by atoms with E-state index in [4.69, 9.17) is 0 Å². The second kappa shape index (κ2) is 11.9. The molecule has 0 amide bonds. The molecule has 52 heavy (non-hydrogen) atoms. The van der Waals surface area contributed by atoms with E-state index in [0.717, 1.165) is 0 Å². The van der Waals surface area contributed by atoms with Gasteiger partial charge in [0.1, 0.15) is 0 Å². The van der Waals surface area contributed by atoms with Gasteiger partial charge in [0.15, 0.2) is 0 Å². The summed E-state index contributed by atoms with van der Waals surface area (Å²) < 4.78 is 2.91. The van der Waals surface area contributed by atoms with Gasteiger partial charge in [0.25, 0.3) is 0 Å². The molecule has 0 spiro atoms. The molecule has 2 heterocycles. The molecule has 0 radical (unpaired) electrons. The minimum absolute atomic E-state index is 0.189. The second-order valence-corrected chi connectivity index (χ2v) is 16.6. The topological polar surface area (TPSA) is 0 Å². The molecule has 2 aromatic heterocycles. The summed E-state index contributed by atoms with van der Waals surface area (Å²) in [5.41, 5.74) is 10.5. The molecule has 11 rings (SSSR count). The maximum absolute atomic E-state index is 2.38.